The first-order valence-corrected chi connectivity index (χ1v) is 11.3. The van der Waals surface area contributed by atoms with Gasteiger partial charge in [0.2, 0.25) is 5.91 Å². The first-order valence-electron chi connectivity index (χ1n) is 9.14. The van der Waals surface area contributed by atoms with Gasteiger partial charge in [-0.15, -0.1) is 22.7 Å². The topological polar surface area (TPSA) is 46.1 Å². The van der Waals surface area contributed by atoms with Gasteiger partial charge in [-0.25, -0.2) is 9.97 Å². The summed E-state index contributed by atoms with van der Waals surface area (Å²) in [7, 11) is 0. The summed E-state index contributed by atoms with van der Waals surface area (Å²) in [5.41, 5.74) is 5.14. The molecule has 3 heterocycles. The number of carbonyl (C=O) groups is 1. The highest BCUT2D eigenvalue weighted by Gasteiger charge is 2.40. The second-order valence-electron chi connectivity index (χ2n) is 6.95. The Morgan fingerprint density at radius 2 is 1.69 bits per heavy atom. The van der Waals surface area contributed by atoms with Gasteiger partial charge in [0.05, 0.1) is 18.2 Å². The molecule has 1 unspecified atom stereocenters. The van der Waals surface area contributed by atoms with Crippen molar-refractivity contribution in [3.8, 4) is 22.0 Å². The van der Waals surface area contributed by atoms with E-state index < -0.39 is 0 Å². The molecule has 144 valence electrons. The maximum absolute atomic E-state index is 12.3. The number of hydrogen-bond donors (Lipinski definition) is 0. The first-order chi connectivity index (χ1) is 14.1. The SMILES string of the molecule is Cc1ccc(-c2csc(-c3csc(N4C(=O)CC4c4ccc(Cl)cc4)n3)n2)cc1. The van der Waals surface area contributed by atoms with Crippen LogP contribution in [-0.2, 0) is 4.79 Å². The van der Waals surface area contributed by atoms with E-state index in [1.165, 1.54) is 16.9 Å². The lowest BCUT2D eigenvalue weighted by atomic mass is 9.95. The molecule has 1 atom stereocenters. The molecule has 0 N–H and O–H groups in total. The number of amides is 1. The molecule has 1 aliphatic rings. The van der Waals surface area contributed by atoms with Gasteiger partial charge in [-0.2, -0.15) is 0 Å². The van der Waals surface area contributed by atoms with Gasteiger partial charge in [-0.05, 0) is 24.6 Å². The van der Waals surface area contributed by atoms with Crippen LogP contribution in [0.3, 0.4) is 0 Å². The number of rotatable bonds is 4. The molecule has 29 heavy (non-hydrogen) atoms. The number of thiazole rings is 2. The van der Waals surface area contributed by atoms with E-state index in [-0.39, 0.29) is 11.9 Å². The molecular weight excluding hydrogens is 422 g/mol. The fraction of sp³-hybridized carbons (Fsp3) is 0.136. The summed E-state index contributed by atoms with van der Waals surface area (Å²) in [4.78, 5) is 23.5. The second-order valence-corrected chi connectivity index (χ2v) is 9.09. The molecule has 4 aromatic rings. The van der Waals surface area contributed by atoms with Crippen molar-refractivity contribution in [2.45, 2.75) is 19.4 Å². The number of halogens is 1. The highest BCUT2D eigenvalue weighted by Crippen LogP contribution is 2.42. The Bertz CT molecular complexity index is 1180. The predicted molar refractivity (Wildman–Crippen MR) is 120 cm³/mol. The van der Waals surface area contributed by atoms with Crippen LogP contribution in [-0.4, -0.2) is 15.9 Å². The molecule has 7 heteroatoms. The predicted octanol–water partition coefficient (Wildman–Crippen LogP) is 6.37. The lowest BCUT2D eigenvalue weighted by molar-refractivity contribution is -0.124. The summed E-state index contributed by atoms with van der Waals surface area (Å²) in [5.74, 6) is 0.0883. The standard InChI is InChI=1S/C22H16ClN3OS2/c1-13-2-4-14(5-3-13)17-11-28-21(24-17)18-12-29-22(25-18)26-19(10-20(26)27)15-6-8-16(23)9-7-15/h2-9,11-12,19H,10H2,1H3. The van der Waals surface area contributed by atoms with Crippen molar-refractivity contribution in [2.75, 3.05) is 4.90 Å². The normalized spacial score (nSPS) is 16.1. The Kier molecular flexibility index (Phi) is 4.70. The van der Waals surface area contributed by atoms with Crippen molar-refractivity contribution < 1.29 is 4.79 Å². The molecule has 2 aromatic heterocycles. The number of β-lactam (4-membered cyclic amide) rings is 1. The molecule has 0 bridgehead atoms. The number of aryl methyl sites for hydroxylation is 1. The van der Waals surface area contributed by atoms with Crippen LogP contribution in [0.15, 0.2) is 59.3 Å². The van der Waals surface area contributed by atoms with E-state index in [2.05, 4.69) is 31.2 Å². The molecule has 5 rings (SSSR count). The van der Waals surface area contributed by atoms with Gasteiger partial charge in [-0.3, -0.25) is 9.69 Å². The largest absolute Gasteiger partial charge is 0.280 e. The third kappa shape index (κ3) is 3.48. The molecule has 0 radical (unpaired) electrons. The third-order valence-electron chi connectivity index (χ3n) is 4.97. The average molecular weight is 438 g/mol. The van der Waals surface area contributed by atoms with Crippen molar-refractivity contribution in [3.63, 3.8) is 0 Å². The molecule has 0 aliphatic carbocycles. The van der Waals surface area contributed by atoms with Crippen LogP contribution in [0.5, 0.6) is 0 Å². The Balaban J connectivity index is 1.40. The molecule has 1 amide bonds. The molecular formula is C22H16ClN3OS2. The number of benzene rings is 2. The zero-order valence-electron chi connectivity index (χ0n) is 15.5. The molecule has 0 spiro atoms. The van der Waals surface area contributed by atoms with E-state index in [4.69, 9.17) is 21.6 Å². The van der Waals surface area contributed by atoms with Crippen molar-refractivity contribution in [1.82, 2.24) is 9.97 Å². The van der Waals surface area contributed by atoms with Crippen LogP contribution >= 0.6 is 34.3 Å². The fourth-order valence-electron chi connectivity index (χ4n) is 3.33. The van der Waals surface area contributed by atoms with E-state index in [1.54, 1.807) is 16.2 Å². The summed E-state index contributed by atoms with van der Waals surface area (Å²) in [6.07, 6.45) is 0.491. The minimum atomic E-state index is 0.0122. The van der Waals surface area contributed by atoms with Crippen LogP contribution in [0.1, 0.15) is 23.6 Å². The van der Waals surface area contributed by atoms with Gasteiger partial charge >= 0.3 is 0 Å². The molecule has 0 saturated carbocycles. The second kappa shape index (κ2) is 7.37. The van der Waals surface area contributed by atoms with E-state index in [1.807, 2.05) is 35.0 Å². The van der Waals surface area contributed by atoms with Gasteiger partial charge in [-0.1, -0.05) is 53.6 Å². The van der Waals surface area contributed by atoms with Crippen LogP contribution in [0.2, 0.25) is 5.02 Å². The van der Waals surface area contributed by atoms with Crippen molar-refractivity contribution >= 4 is 45.3 Å². The number of anilines is 1. The maximum atomic E-state index is 12.3. The van der Waals surface area contributed by atoms with Crippen molar-refractivity contribution in [3.05, 3.63) is 75.4 Å². The first kappa shape index (κ1) is 18.5. The van der Waals surface area contributed by atoms with Gasteiger partial charge in [0.15, 0.2) is 5.13 Å². The van der Waals surface area contributed by atoms with Crippen LogP contribution in [0, 0.1) is 6.92 Å². The Labute approximate surface area is 181 Å². The summed E-state index contributed by atoms with van der Waals surface area (Å²) in [5, 5.41) is 6.28. The van der Waals surface area contributed by atoms with E-state index in [0.29, 0.717) is 16.6 Å². The molecule has 1 saturated heterocycles. The van der Waals surface area contributed by atoms with Crippen LogP contribution < -0.4 is 4.90 Å². The van der Waals surface area contributed by atoms with Crippen LogP contribution in [0.4, 0.5) is 5.13 Å². The minimum absolute atomic E-state index is 0.0122. The van der Waals surface area contributed by atoms with Crippen molar-refractivity contribution in [1.29, 1.82) is 0 Å². The summed E-state index contributed by atoms with van der Waals surface area (Å²) >= 11 is 9.03. The Hall–Kier alpha value is -2.54. The van der Waals surface area contributed by atoms with Gasteiger partial charge < -0.3 is 0 Å². The zero-order chi connectivity index (χ0) is 20.0. The number of hydrogen-bond acceptors (Lipinski definition) is 5. The number of aromatic nitrogens is 2. The minimum Gasteiger partial charge on any atom is -0.280 e. The molecule has 1 aliphatic heterocycles. The van der Waals surface area contributed by atoms with Crippen molar-refractivity contribution in [2.24, 2.45) is 0 Å². The maximum Gasteiger partial charge on any atom is 0.231 e. The third-order valence-corrected chi connectivity index (χ3v) is 6.93. The Morgan fingerprint density at radius 3 is 2.41 bits per heavy atom. The summed E-state index contributed by atoms with van der Waals surface area (Å²) in [6, 6.07) is 16.0. The molecule has 1 fully saturated rings. The van der Waals surface area contributed by atoms with Crippen LogP contribution in [0.25, 0.3) is 22.0 Å². The van der Waals surface area contributed by atoms with E-state index in [0.717, 1.165) is 27.5 Å². The van der Waals surface area contributed by atoms with Gasteiger partial charge in [0.25, 0.3) is 0 Å². The summed E-state index contributed by atoms with van der Waals surface area (Å²) in [6.45, 7) is 2.07. The zero-order valence-corrected chi connectivity index (χ0v) is 17.9. The van der Waals surface area contributed by atoms with Gasteiger partial charge in [0, 0.05) is 21.3 Å². The smallest absolute Gasteiger partial charge is 0.231 e. The highest BCUT2D eigenvalue weighted by atomic mass is 35.5. The van der Waals surface area contributed by atoms with Gasteiger partial charge in [0.1, 0.15) is 10.7 Å². The number of carbonyl (C=O) groups excluding carboxylic acids is 1. The van der Waals surface area contributed by atoms with E-state index >= 15 is 0 Å². The monoisotopic (exact) mass is 437 g/mol. The Morgan fingerprint density at radius 1 is 0.966 bits per heavy atom. The average Bonchev–Trinajstić information content (AvgIpc) is 3.37. The summed E-state index contributed by atoms with van der Waals surface area (Å²) < 4.78 is 0. The lowest BCUT2D eigenvalue weighted by Gasteiger charge is -2.38. The highest BCUT2D eigenvalue weighted by molar-refractivity contribution is 7.16. The van der Waals surface area contributed by atoms with E-state index in [9.17, 15) is 4.79 Å². The number of nitrogens with zero attached hydrogens (tertiary/aromatic N) is 3. The quantitative estimate of drug-likeness (QED) is 0.348. The fourth-order valence-corrected chi connectivity index (χ4v) is 5.19. The molecule has 4 nitrogen and oxygen atoms in total. The molecule has 2 aromatic carbocycles. The lowest BCUT2D eigenvalue weighted by Crippen LogP contribution is -2.46.